The zero-order valence-electron chi connectivity index (χ0n) is 10.5. The lowest BCUT2D eigenvalue weighted by Gasteiger charge is -2.16. The number of nitrogens with zero attached hydrogens (tertiary/aromatic N) is 1. The molecule has 2 rings (SSSR count). The maximum absolute atomic E-state index is 13.6. The summed E-state index contributed by atoms with van der Waals surface area (Å²) in [6, 6.07) is 4.61. The molecule has 0 aromatic heterocycles. The summed E-state index contributed by atoms with van der Waals surface area (Å²) in [7, 11) is 0. The predicted octanol–water partition coefficient (Wildman–Crippen LogP) is 3.11. The molecule has 2 amide bonds. The van der Waals surface area contributed by atoms with Gasteiger partial charge in [-0.2, -0.15) is 0 Å². The minimum Gasteiger partial charge on any atom is -0.316 e. The molecule has 0 saturated carbocycles. The second kappa shape index (κ2) is 5.52. The van der Waals surface area contributed by atoms with Gasteiger partial charge in [0.2, 0.25) is 0 Å². The molecule has 0 saturated heterocycles. The Hall–Kier alpha value is -2.36. The average Bonchev–Trinajstić information content (AvgIpc) is 2.82. The van der Waals surface area contributed by atoms with Crippen LogP contribution in [0.15, 0.2) is 55.3 Å². The summed E-state index contributed by atoms with van der Waals surface area (Å²) >= 11 is 0. The first-order valence-electron chi connectivity index (χ1n) is 5.92. The molecule has 1 aromatic rings. The molecule has 0 aliphatic carbocycles. The first kappa shape index (κ1) is 13.1. The van der Waals surface area contributed by atoms with Crippen LogP contribution in [0.25, 0.3) is 0 Å². The molecule has 1 aromatic carbocycles. The van der Waals surface area contributed by atoms with Gasteiger partial charge in [-0.3, -0.25) is 0 Å². The number of amides is 2. The van der Waals surface area contributed by atoms with E-state index < -0.39 is 0 Å². The highest BCUT2D eigenvalue weighted by Gasteiger charge is 2.25. The first-order valence-corrected chi connectivity index (χ1v) is 5.92. The normalized spacial score (nSPS) is 13.4. The van der Waals surface area contributed by atoms with Gasteiger partial charge in [-0.25, -0.2) is 9.18 Å². The fourth-order valence-electron chi connectivity index (χ4n) is 1.97. The molecular weight excluding hydrogens is 243 g/mol. The van der Waals surface area contributed by atoms with Gasteiger partial charge in [0.1, 0.15) is 5.82 Å². The van der Waals surface area contributed by atoms with Crippen molar-refractivity contribution in [2.45, 2.75) is 13.1 Å². The molecule has 19 heavy (non-hydrogen) atoms. The Morgan fingerprint density at radius 3 is 2.89 bits per heavy atom. The third-order valence-corrected chi connectivity index (χ3v) is 2.91. The van der Waals surface area contributed by atoms with Crippen LogP contribution in [0.4, 0.5) is 9.18 Å². The minimum atomic E-state index is -0.283. The lowest BCUT2D eigenvalue weighted by Crippen LogP contribution is -2.35. The molecule has 1 heterocycles. The van der Waals surface area contributed by atoms with E-state index in [1.807, 2.05) is 6.07 Å². The van der Waals surface area contributed by atoms with E-state index in [1.165, 1.54) is 6.07 Å². The number of urea groups is 1. The van der Waals surface area contributed by atoms with Crippen LogP contribution in [0.2, 0.25) is 0 Å². The fraction of sp³-hybridized carbons (Fsp3) is 0.133. The van der Waals surface area contributed by atoms with Crippen molar-refractivity contribution in [2.24, 2.45) is 0 Å². The largest absolute Gasteiger partial charge is 0.322 e. The molecule has 98 valence electrons. The maximum atomic E-state index is 13.6. The van der Waals surface area contributed by atoms with Gasteiger partial charge in [-0.05, 0) is 17.7 Å². The molecule has 0 bridgehead atoms. The SMILES string of the molecule is C=C/C=C\C(=C)NC(=O)N1Cc2cccc(F)c2C1. The van der Waals surface area contributed by atoms with Crippen LogP contribution in [0.3, 0.4) is 0 Å². The summed E-state index contributed by atoms with van der Waals surface area (Å²) in [6.45, 7) is 7.93. The molecular formula is C15H15FN2O. The van der Waals surface area contributed by atoms with Gasteiger partial charge < -0.3 is 10.2 Å². The van der Waals surface area contributed by atoms with E-state index >= 15 is 0 Å². The molecule has 0 fully saturated rings. The topological polar surface area (TPSA) is 32.3 Å². The molecule has 1 aliphatic rings. The molecule has 1 aliphatic heterocycles. The van der Waals surface area contributed by atoms with Crippen molar-refractivity contribution in [3.63, 3.8) is 0 Å². The molecule has 4 heteroatoms. The maximum Gasteiger partial charge on any atom is 0.322 e. The zero-order chi connectivity index (χ0) is 13.8. The predicted molar refractivity (Wildman–Crippen MR) is 72.7 cm³/mol. The Morgan fingerprint density at radius 2 is 2.21 bits per heavy atom. The van der Waals surface area contributed by atoms with E-state index in [2.05, 4.69) is 18.5 Å². The van der Waals surface area contributed by atoms with Crippen molar-refractivity contribution in [2.75, 3.05) is 0 Å². The van der Waals surface area contributed by atoms with Crippen molar-refractivity contribution in [1.29, 1.82) is 0 Å². The van der Waals surface area contributed by atoms with E-state index in [0.29, 0.717) is 17.8 Å². The second-order valence-corrected chi connectivity index (χ2v) is 4.28. The summed E-state index contributed by atoms with van der Waals surface area (Å²) < 4.78 is 13.6. The molecule has 1 N–H and O–H groups in total. The van der Waals surface area contributed by atoms with Crippen LogP contribution >= 0.6 is 0 Å². The summed E-state index contributed by atoms with van der Waals surface area (Å²) in [4.78, 5) is 13.5. The standard InChI is InChI=1S/C15H15FN2O/c1-3-4-6-11(2)17-15(19)18-9-12-7-5-8-14(16)13(12)10-18/h3-8H,1-2,9-10H2,(H,17,19)/b6-4-. The average molecular weight is 258 g/mol. The fourth-order valence-corrected chi connectivity index (χ4v) is 1.97. The zero-order valence-corrected chi connectivity index (χ0v) is 10.5. The number of hydrogen-bond acceptors (Lipinski definition) is 1. The van der Waals surface area contributed by atoms with Gasteiger partial charge in [0.25, 0.3) is 0 Å². The summed E-state index contributed by atoms with van der Waals surface area (Å²) in [5.41, 5.74) is 1.91. The van der Waals surface area contributed by atoms with Crippen LogP contribution in [-0.4, -0.2) is 10.9 Å². The number of allylic oxidation sites excluding steroid dienone is 3. The van der Waals surface area contributed by atoms with Gasteiger partial charge >= 0.3 is 6.03 Å². The number of carbonyl (C=O) groups is 1. The molecule has 3 nitrogen and oxygen atoms in total. The van der Waals surface area contributed by atoms with Gasteiger partial charge in [-0.15, -0.1) is 0 Å². The van der Waals surface area contributed by atoms with Crippen molar-refractivity contribution in [3.8, 4) is 0 Å². The third kappa shape index (κ3) is 2.91. The van der Waals surface area contributed by atoms with Crippen molar-refractivity contribution in [1.82, 2.24) is 10.2 Å². The smallest absolute Gasteiger partial charge is 0.316 e. The van der Waals surface area contributed by atoms with Crippen LogP contribution < -0.4 is 5.32 Å². The van der Waals surface area contributed by atoms with Crippen molar-refractivity contribution >= 4 is 6.03 Å². The summed E-state index contributed by atoms with van der Waals surface area (Å²) in [6.07, 6.45) is 4.92. The Morgan fingerprint density at radius 1 is 1.42 bits per heavy atom. The first-order chi connectivity index (χ1) is 9.11. The van der Waals surface area contributed by atoms with Gasteiger partial charge in [0.15, 0.2) is 0 Å². The number of benzene rings is 1. The number of fused-ring (bicyclic) bond motifs is 1. The van der Waals surface area contributed by atoms with E-state index in [1.54, 1.807) is 29.2 Å². The van der Waals surface area contributed by atoms with Crippen LogP contribution in [0, 0.1) is 5.82 Å². The number of hydrogen-bond donors (Lipinski definition) is 1. The third-order valence-electron chi connectivity index (χ3n) is 2.91. The van der Waals surface area contributed by atoms with Crippen LogP contribution in [0.1, 0.15) is 11.1 Å². The monoisotopic (exact) mass is 258 g/mol. The van der Waals surface area contributed by atoms with Crippen molar-refractivity contribution < 1.29 is 9.18 Å². The van der Waals surface area contributed by atoms with Gasteiger partial charge in [0.05, 0.1) is 6.54 Å². The Kier molecular flexibility index (Phi) is 3.80. The Bertz CT molecular complexity index is 563. The number of nitrogens with one attached hydrogen (secondary N) is 1. The van der Waals surface area contributed by atoms with E-state index in [4.69, 9.17) is 0 Å². The van der Waals surface area contributed by atoms with Crippen LogP contribution in [-0.2, 0) is 13.1 Å². The Labute approximate surface area is 111 Å². The molecule has 0 radical (unpaired) electrons. The lowest BCUT2D eigenvalue weighted by atomic mass is 10.1. The highest BCUT2D eigenvalue weighted by Crippen LogP contribution is 2.24. The van der Waals surface area contributed by atoms with Gasteiger partial charge in [-0.1, -0.05) is 37.4 Å². The van der Waals surface area contributed by atoms with Gasteiger partial charge in [0, 0.05) is 17.8 Å². The number of carbonyl (C=O) groups excluding carboxylic acids is 1. The molecule has 0 unspecified atom stereocenters. The lowest BCUT2D eigenvalue weighted by molar-refractivity contribution is 0.201. The molecule has 0 spiro atoms. The quantitative estimate of drug-likeness (QED) is 0.830. The second-order valence-electron chi connectivity index (χ2n) is 4.28. The molecule has 0 atom stereocenters. The van der Waals surface area contributed by atoms with E-state index in [0.717, 1.165) is 5.56 Å². The summed E-state index contributed by atoms with van der Waals surface area (Å²) in [5.74, 6) is -0.266. The highest BCUT2D eigenvalue weighted by molar-refractivity contribution is 5.77. The number of halogens is 1. The highest BCUT2D eigenvalue weighted by atomic mass is 19.1. The van der Waals surface area contributed by atoms with E-state index in [-0.39, 0.29) is 18.4 Å². The minimum absolute atomic E-state index is 0.266. The number of rotatable bonds is 3. The van der Waals surface area contributed by atoms with E-state index in [9.17, 15) is 9.18 Å². The van der Waals surface area contributed by atoms with Crippen molar-refractivity contribution in [3.05, 3.63) is 72.2 Å². The Balaban J connectivity index is 2.01. The summed E-state index contributed by atoms with van der Waals surface area (Å²) in [5, 5.41) is 2.65. The van der Waals surface area contributed by atoms with Crippen LogP contribution in [0.5, 0.6) is 0 Å².